The summed E-state index contributed by atoms with van der Waals surface area (Å²) in [5, 5.41) is 4.58. The molecule has 0 N–H and O–H groups in total. The molecule has 1 saturated carbocycles. The Morgan fingerprint density at radius 3 is 1.12 bits per heavy atom. The van der Waals surface area contributed by atoms with E-state index in [0.717, 1.165) is 5.66 Å². The van der Waals surface area contributed by atoms with Crippen molar-refractivity contribution in [1.29, 1.82) is 0 Å². The fourth-order valence-electron chi connectivity index (χ4n) is 4.24. The second kappa shape index (κ2) is 6.47. The summed E-state index contributed by atoms with van der Waals surface area (Å²) in [5.74, 6) is 0. The van der Waals surface area contributed by atoms with Crippen molar-refractivity contribution in [2.45, 2.75) is 18.5 Å². The van der Waals surface area contributed by atoms with Crippen LogP contribution in [-0.4, -0.2) is 12.3 Å². The zero-order valence-corrected chi connectivity index (χ0v) is 16.6. The van der Waals surface area contributed by atoms with Gasteiger partial charge >= 0.3 is 139 Å². The molecule has 0 amide bonds. The van der Waals surface area contributed by atoms with Crippen molar-refractivity contribution in [1.82, 2.24) is 0 Å². The van der Waals surface area contributed by atoms with E-state index in [1.54, 1.807) is 0 Å². The van der Waals surface area contributed by atoms with Gasteiger partial charge in [0.1, 0.15) is 0 Å². The second-order valence-corrected chi connectivity index (χ2v) is 12.5. The van der Waals surface area contributed by atoms with E-state index < -0.39 is 6.60 Å². The van der Waals surface area contributed by atoms with Gasteiger partial charge in [0.2, 0.25) is 0 Å². The van der Waals surface area contributed by atoms with Gasteiger partial charge < -0.3 is 0 Å². The summed E-state index contributed by atoms with van der Waals surface area (Å²) in [6.07, 6.45) is 2.68. The van der Waals surface area contributed by atoms with Gasteiger partial charge in [-0.1, -0.05) is 0 Å². The van der Waals surface area contributed by atoms with E-state index in [-0.39, 0.29) is 17.0 Å². The van der Waals surface area contributed by atoms with Gasteiger partial charge in [0.05, 0.1) is 0 Å². The zero-order valence-electron chi connectivity index (χ0n) is 14.0. The Hall–Kier alpha value is -1.43. The Balaban J connectivity index is 0.00000169. The molecule has 0 atom stereocenters. The van der Waals surface area contributed by atoms with Crippen LogP contribution in [0.3, 0.4) is 0 Å². The molecule has 2 heteroatoms. The minimum atomic E-state index is -2.40. The molecular formula is C22H24BrP. The predicted octanol–water partition coefficient (Wildman–Crippen LogP) is 4.89. The van der Waals surface area contributed by atoms with Crippen LogP contribution in [0.5, 0.6) is 0 Å². The Kier molecular flexibility index (Phi) is 4.69. The molecule has 3 aromatic carbocycles. The molecule has 0 saturated heterocycles. The van der Waals surface area contributed by atoms with Gasteiger partial charge in [0, 0.05) is 0 Å². The van der Waals surface area contributed by atoms with Crippen LogP contribution in [0, 0.1) is 0 Å². The normalized spacial score (nSPS) is 15.8. The molecule has 0 heterocycles. The van der Waals surface area contributed by atoms with Crippen LogP contribution in [0.15, 0.2) is 91.0 Å². The molecule has 3 aromatic rings. The van der Waals surface area contributed by atoms with Crippen LogP contribution in [-0.2, 0) is 0 Å². The molecule has 0 bridgehead atoms. The maximum atomic E-state index is 2.59. The molecule has 4 rings (SSSR count). The van der Waals surface area contributed by atoms with E-state index in [0.29, 0.717) is 0 Å². The topological polar surface area (TPSA) is 0 Å². The van der Waals surface area contributed by atoms with E-state index in [9.17, 15) is 0 Å². The first-order chi connectivity index (χ1) is 11.2. The Labute approximate surface area is 155 Å². The number of hydrogen-bond acceptors (Lipinski definition) is 0. The van der Waals surface area contributed by atoms with Crippen molar-refractivity contribution >= 4 is 39.5 Å². The average molecular weight is 399 g/mol. The van der Waals surface area contributed by atoms with Crippen molar-refractivity contribution in [3.05, 3.63) is 91.0 Å². The van der Waals surface area contributed by atoms with Crippen molar-refractivity contribution in [3.8, 4) is 0 Å². The van der Waals surface area contributed by atoms with E-state index in [4.69, 9.17) is 0 Å². The number of benzene rings is 3. The van der Waals surface area contributed by atoms with Gasteiger partial charge in [-0.15, -0.1) is 17.0 Å². The quantitative estimate of drug-likeness (QED) is 0.549. The summed E-state index contributed by atoms with van der Waals surface area (Å²) < 4.78 is 0. The fraction of sp³-hybridized carbons (Fsp3) is 0.182. The molecular weight excluding hydrogens is 375 g/mol. The van der Waals surface area contributed by atoms with E-state index in [1.165, 1.54) is 28.8 Å². The first-order valence-corrected chi connectivity index (χ1v) is 11.2. The van der Waals surface area contributed by atoms with Crippen molar-refractivity contribution < 1.29 is 0 Å². The van der Waals surface area contributed by atoms with Crippen LogP contribution in [0.2, 0.25) is 0 Å². The number of hydrogen-bond donors (Lipinski definition) is 0. The Morgan fingerprint density at radius 2 is 0.875 bits per heavy atom. The SMILES string of the molecule is Br.CP(c1ccccc1)(c1ccccc1)(c1ccccc1)C1CC1. The second-order valence-electron chi connectivity index (χ2n) is 6.89. The van der Waals surface area contributed by atoms with E-state index >= 15 is 0 Å². The van der Waals surface area contributed by atoms with Crippen molar-refractivity contribution in [2.75, 3.05) is 6.66 Å². The third-order valence-corrected chi connectivity index (χ3v) is 13.0. The molecule has 0 radical (unpaired) electrons. The molecule has 0 aromatic heterocycles. The van der Waals surface area contributed by atoms with Crippen LogP contribution >= 0.6 is 23.6 Å². The third-order valence-electron chi connectivity index (χ3n) is 5.72. The molecule has 0 nitrogen and oxygen atoms in total. The first-order valence-electron chi connectivity index (χ1n) is 8.42. The number of rotatable bonds is 4. The van der Waals surface area contributed by atoms with Gasteiger partial charge in [-0.3, -0.25) is 0 Å². The maximum absolute atomic E-state index is 2.59. The van der Waals surface area contributed by atoms with Crippen LogP contribution in [0.4, 0.5) is 0 Å². The summed E-state index contributed by atoms with van der Waals surface area (Å²) in [6.45, 7) is 0.188. The minimum absolute atomic E-state index is 0. The van der Waals surface area contributed by atoms with Crippen LogP contribution < -0.4 is 15.9 Å². The molecule has 1 aliphatic rings. The predicted molar refractivity (Wildman–Crippen MR) is 114 cm³/mol. The van der Waals surface area contributed by atoms with Gasteiger partial charge in [0.15, 0.2) is 0 Å². The van der Waals surface area contributed by atoms with Crippen molar-refractivity contribution in [2.24, 2.45) is 0 Å². The Bertz CT molecular complexity index is 696. The summed E-state index contributed by atoms with van der Waals surface area (Å²) >= 11 is 0. The summed E-state index contributed by atoms with van der Waals surface area (Å²) in [4.78, 5) is 0. The molecule has 0 aliphatic heterocycles. The molecule has 1 fully saturated rings. The zero-order chi connectivity index (χ0) is 15.8. The number of halogens is 1. The van der Waals surface area contributed by atoms with Gasteiger partial charge in [0.25, 0.3) is 0 Å². The standard InChI is InChI=1S/C22H23P.BrH/c1-23(22-17-18-22,19-11-5-2-6-12-19,20-13-7-3-8-14-20)21-15-9-4-10-16-21;/h2-16,22H,17-18H2,1H3;1H. The fourth-order valence-corrected chi connectivity index (χ4v) is 10.7. The van der Waals surface area contributed by atoms with E-state index in [1.807, 2.05) is 0 Å². The molecule has 0 spiro atoms. The molecule has 0 unspecified atom stereocenters. The average Bonchev–Trinajstić information content (AvgIpc) is 3.49. The molecule has 124 valence electrons. The Morgan fingerprint density at radius 1 is 0.583 bits per heavy atom. The molecule has 24 heavy (non-hydrogen) atoms. The van der Waals surface area contributed by atoms with Crippen LogP contribution in [0.1, 0.15) is 12.8 Å². The summed E-state index contributed by atoms with van der Waals surface area (Å²) in [7, 11) is 0. The van der Waals surface area contributed by atoms with Gasteiger partial charge in [-0.25, -0.2) is 0 Å². The summed E-state index contributed by atoms with van der Waals surface area (Å²) in [5.41, 5.74) is 0.771. The third kappa shape index (κ3) is 2.38. The van der Waals surface area contributed by atoms with E-state index in [2.05, 4.69) is 97.7 Å². The monoisotopic (exact) mass is 398 g/mol. The van der Waals surface area contributed by atoms with Gasteiger partial charge in [-0.2, -0.15) is 0 Å². The first kappa shape index (κ1) is 17.4. The summed E-state index contributed by atoms with van der Waals surface area (Å²) in [6, 6.07) is 33.8. The molecule has 1 aliphatic carbocycles. The van der Waals surface area contributed by atoms with Crippen LogP contribution in [0.25, 0.3) is 0 Å². The van der Waals surface area contributed by atoms with Crippen molar-refractivity contribution in [3.63, 3.8) is 0 Å². The van der Waals surface area contributed by atoms with Gasteiger partial charge in [-0.05, 0) is 0 Å².